The fraction of sp³-hybridized carbons (Fsp3) is 0.273. The van der Waals surface area contributed by atoms with Crippen LogP contribution in [0.1, 0.15) is 12.5 Å². The molecule has 0 aliphatic heterocycles. The van der Waals surface area contributed by atoms with Crippen molar-refractivity contribution in [2.45, 2.75) is 19.0 Å². The topological polar surface area (TPSA) is 0 Å². The highest BCUT2D eigenvalue weighted by atomic mass is 19.4. The zero-order chi connectivity index (χ0) is 12.4. The van der Waals surface area contributed by atoms with Crippen LogP contribution in [0.15, 0.2) is 35.9 Å². The first-order valence-electron chi connectivity index (χ1n) is 4.43. The van der Waals surface area contributed by atoms with Crippen molar-refractivity contribution in [1.82, 2.24) is 0 Å². The van der Waals surface area contributed by atoms with Gasteiger partial charge in [0, 0.05) is 5.57 Å². The molecule has 0 aliphatic rings. The largest absolute Gasteiger partial charge is 0.457 e. The van der Waals surface area contributed by atoms with E-state index in [4.69, 9.17) is 0 Å². The summed E-state index contributed by atoms with van der Waals surface area (Å²) in [5.74, 6) is -4.79. The van der Waals surface area contributed by atoms with E-state index in [1.165, 1.54) is 12.1 Å². The predicted octanol–water partition coefficient (Wildman–Crippen LogP) is 4.29. The Balaban J connectivity index is 3.03. The van der Waals surface area contributed by atoms with E-state index < -0.39 is 17.7 Å². The van der Waals surface area contributed by atoms with Crippen molar-refractivity contribution in [1.29, 1.82) is 0 Å². The summed E-state index contributed by atoms with van der Waals surface area (Å²) >= 11 is 0. The third-order valence-corrected chi connectivity index (χ3v) is 2.03. The Morgan fingerprint density at radius 2 is 1.50 bits per heavy atom. The second-order valence-corrected chi connectivity index (χ2v) is 3.31. The highest BCUT2D eigenvalue weighted by molar-refractivity contribution is 5.54. The highest BCUT2D eigenvalue weighted by Crippen LogP contribution is 2.41. The molecule has 0 N–H and O–H groups in total. The molecule has 0 amide bonds. The van der Waals surface area contributed by atoms with E-state index in [2.05, 4.69) is 0 Å². The van der Waals surface area contributed by atoms with Crippen molar-refractivity contribution in [3.05, 3.63) is 41.5 Å². The zero-order valence-electron chi connectivity index (χ0n) is 8.35. The Labute approximate surface area is 89.4 Å². The molecule has 0 fully saturated rings. The lowest BCUT2D eigenvalue weighted by molar-refractivity contribution is -0.263. The van der Waals surface area contributed by atoms with Crippen molar-refractivity contribution in [2.75, 3.05) is 0 Å². The number of benzene rings is 1. The molecule has 0 unspecified atom stereocenters. The van der Waals surface area contributed by atoms with Gasteiger partial charge in [-0.05, 0) is 18.6 Å². The number of allylic oxidation sites excluding steroid dienone is 1. The van der Waals surface area contributed by atoms with Gasteiger partial charge in [-0.3, -0.25) is 0 Å². The van der Waals surface area contributed by atoms with Crippen molar-refractivity contribution < 1.29 is 22.0 Å². The first kappa shape index (κ1) is 12.7. The van der Waals surface area contributed by atoms with Gasteiger partial charge >= 0.3 is 12.1 Å². The Morgan fingerprint density at radius 3 is 1.94 bits per heavy atom. The molecule has 0 aromatic heterocycles. The summed E-state index contributed by atoms with van der Waals surface area (Å²) in [6.45, 7) is 0.764. The fourth-order valence-corrected chi connectivity index (χ4v) is 1.11. The Bertz CT molecular complexity index is 375. The van der Waals surface area contributed by atoms with Gasteiger partial charge in [0.2, 0.25) is 0 Å². The number of hydrogen-bond donors (Lipinski definition) is 0. The second-order valence-electron chi connectivity index (χ2n) is 3.31. The van der Waals surface area contributed by atoms with E-state index in [1.807, 2.05) is 0 Å². The summed E-state index contributed by atoms with van der Waals surface area (Å²) in [5, 5.41) is 0. The Kier molecular flexibility index (Phi) is 3.35. The monoisotopic (exact) mass is 236 g/mol. The molecule has 0 bridgehead atoms. The van der Waals surface area contributed by atoms with Gasteiger partial charge < -0.3 is 0 Å². The van der Waals surface area contributed by atoms with E-state index in [1.54, 1.807) is 18.2 Å². The van der Waals surface area contributed by atoms with Crippen molar-refractivity contribution in [2.24, 2.45) is 0 Å². The van der Waals surface area contributed by atoms with Gasteiger partial charge in [0.25, 0.3) is 0 Å². The maximum atomic E-state index is 12.8. The van der Waals surface area contributed by atoms with Crippen LogP contribution in [0, 0.1) is 0 Å². The molecule has 0 spiro atoms. The molecule has 0 aliphatic carbocycles. The van der Waals surface area contributed by atoms with Crippen LogP contribution in [0.2, 0.25) is 0 Å². The lowest BCUT2D eigenvalue weighted by atomic mass is 10.1. The van der Waals surface area contributed by atoms with Crippen LogP contribution < -0.4 is 0 Å². The Morgan fingerprint density at radius 1 is 1.00 bits per heavy atom. The predicted molar refractivity (Wildman–Crippen MR) is 51.1 cm³/mol. The van der Waals surface area contributed by atoms with Crippen LogP contribution in [-0.2, 0) is 0 Å². The molecule has 0 nitrogen and oxygen atoms in total. The maximum Gasteiger partial charge on any atom is 0.457 e. The average Bonchev–Trinajstić information content (AvgIpc) is 2.17. The van der Waals surface area contributed by atoms with E-state index in [0.717, 1.165) is 13.0 Å². The molecule has 1 aromatic carbocycles. The van der Waals surface area contributed by atoms with Crippen molar-refractivity contribution in [3.8, 4) is 0 Å². The van der Waals surface area contributed by atoms with Crippen molar-refractivity contribution in [3.63, 3.8) is 0 Å². The normalized spacial score (nSPS) is 14.0. The molecule has 0 saturated carbocycles. The van der Waals surface area contributed by atoms with Crippen LogP contribution >= 0.6 is 0 Å². The van der Waals surface area contributed by atoms with E-state index >= 15 is 0 Å². The van der Waals surface area contributed by atoms with Gasteiger partial charge in [0.1, 0.15) is 0 Å². The first-order valence-corrected chi connectivity index (χ1v) is 4.43. The minimum absolute atomic E-state index is 0.309. The van der Waals surface area contributed by atoms with Gasteiger partial charge in [-0.2, -0.15) is 22.0 Å². The van der Waals surface area contributed by atoms with Gasteiger partial charge in [0.15, 0.2) is 0 Å². The van der Waals surface area contributed by atoms with Gasteiger partial charge in [-0.1, -0.05) is 30.3 Å². The number of alkyl halides is 5. The standard InChI is InChI=1S/C11H9F5/c1-8(10(12,13)11(14,15)16)7-9-5-3-2-4-6-9/h2-7H,1H3/b8-7-. The molecule has 0 heterocycles. The molecule has 88 valence electrons. The summed E-state index contributed by atoms with van der Waals surface area (Å²) < 4.78 is 61.6. The average molecular weight is 236 g/mol. The molecule has 5 heteroatoms. The minimum atomic E-state index is -5.55. The highest BCUT2D eigenvalue weighted by Gasteiger charge is 2.58. The maximum absolute atomic E-state index is 12.8. The molecule has 1 aromatic rings. The number of halogens is 5. The summed E-state index contributed by atoms with van der Waals surface area (Å²) in [7, 11) is 0. The third kappa shape index (κ3) is 2.59. The SMILES string of the molecule is C/C(=C/c1ccccc1)C(F)(F)C(F)(F)F. The van der Waals surface area contributed by atoms with Crippen LogP contribution in [0.25, 0.3) is 6.08 Å². The third-order valence-electron chi connectivity index (χ3n) is 2.03. The van der Waals surface area contributed by atoms with E-state index in [-0.39, 0.29) is 0 Å². The number of hydrogen-bond acceptors (Lipinski definition) is 0. The molecule has 16 heavy (non-hydrogen) atoms. The second kappa shape index (κ2) is 4.23. The quantitative estimate of drug-likeness (QED) is 0.672. The molecule has 1 rings (SSSR count). The summed E-state index contributed by atoms with van der Waals surface area (Å²) in [6, 6.07) is 7.68. The van der Waals surface area contributed by atoms with Crippen LogP contribution in [0.4, 0.5) is 22.0 Å². The Hall–Kier alpha value is -1.39. The van der Waals surface area contributed by atoms with Crippen molar-refractivity contribution >= 4 is 6.08 Å². The van der Waals surface area contributed by atoms with Gasteiger partial charge in [-0.25, -0.2) is 0 Å². The fourth-order valence-electron chi connectivity index (χ4n) is 1.11. The summed E-state index contributed by atoms with van der Waals surface area (Å²) in [5.41, 5.74) is -0.713. The zero-order valence-corrected chi connectivity index (χ0v) is 8.35. The summed E-state index contributed by atoms with van der Waals surface area (Å²) in [4.78, 5) is 0. The van der Waals surface area contributed by atoms with Crippen LogP contribution in [-0.4, -0.2) is 12.1 Å². The number of rotatable bonds is 2. The molecule has 0 radical (unpaired) electrons. The molecular weight excluding hydrogens is 227 g/mol. The molecule has 0 atom stereocenters. The van der Waals surface area contributed by atoms with Gasteiger partial charge in [-0.15, -0.1) is 0 Å². The summed E-state index contributed by atoms with van der Waals surface area (Å²) in [6.07, 6.45) is -4.73. The molecule has 0 saturated heterocycles. The van der Waals surface area contributed by atoms with E-state index in [0.29, 0.717) is 5.56 Å². The van der Waals surface area contributed by atoms with Crippen LogP contribution in [0.3, 0.4) is 0 Å². The van der Waals surface area contributed by atoms with E-state index in [9.17, 15) is 22.0 Å². The minimum Gasteiger partial charge on any atom is -0.191 e. The van der Waals surface area contributed by atoms with Crippen LogP contribution in [0.5, 0.6) is 0 Å². The molecular formula is C11H9F5. The lowest BCUT2D eigenvalue weighted by Gasteiger charge is -2.20. The lowest BCUT2D eigenvalue weighted by Crippen LogP contribution is -2.37. The first-order chi connectivity index (χ1) is 7.25. The van der Waals surface area contributed by atoms with Gasteiger partial charge in [0.05, 0.1) is 0 Å². The smallest absolute Gasteiger partial charge is 0.191 e.